The third kappa shape index (κ3) is 11.2. The first kappa shape index (κ1) is 25.2. The molecule has 2 aromatic rings. The van der Waals surface area contributed by atoms with Crippen molar-refractivity contribution in [3.8, 4) is 11.1 Å². The van der Waals surface area contributed by atoms with Gasteiger partial charge in [-0.1, -0.05) is 133 Å². The van der Waals surface area contributed by atoms with Crippen molar-refractivity contribution in [2.24, 2.45) is 0 Å². The molecule has 0 fully saturated rings. The molecule has 31 heavy (non-hydrogen) atoms. The molecule has 0 aliphatic carbocycles. The molecule has 2 heteroatoms. The van der Waals surface area contributed by atoms with Crippen molar-refractivity contribution in [2.75, 3.05) is 6.61 Å². The minimum atomic E-state index is -0.214. The lowest BCUT2D eigenvalue weighted by atomic mass is 10.0. The minimum Gasteiger partial charge on any atom is -0.462 e. The zero-order valence-electron chi connectivity index (χ0n) is 19.6. The van der Waals surface area contributed by atoms with E-state index in [0.717, 1.165) is 24.0 Å². The lowest BCUT2D eigenvalue weighted by Gasteiger charge is -2.06. The molecule has 0 N–H and O–H groups in total. The smallest absolute Gasteiger partial charge is 0.338 e. The van der Waals surface area contributed by atoms with Gasteiger partial charge in [-0.15, -0.1) is 0 Å². The van der Waals surface area contributed by atoms with Gasteiger partial charge in [0.1, 0.15) is 0 Å². The number of carbonyl (C=O) groups excluding carboxylic acids is 1. The standard InChI is InChI=1S/C29H42O2/c1-2-3-4-5-6-7-8-9-10-11-12-13-14-18-25-31-29(30)28-23-21-27(22-24-28)26-19-16-15-17-20-26/h15-17,19-24H,2-14,18,25H2,1H3. The quantitative estimate of drug-likeness (QED) is 0.188. The van der Waals surface area contributed by atoms with Crippen LogP contribution in [0.2, 0.25) is 0 Å². The maximum Gasteiger partial charge on any atom is 0.338 e. The van der Waals surface area contributed by atoms with Gasteiger partial charge in [0.2, 0.25) is 0 Å². The predicted molar refractivity (Wildman–Crippen MR) is 132 cm³/mol. The Kier molecular flexibility index (Phi) is 13.5. The largest absolute Gasteiger partial charge is 0.462 e. The van der Waals surface area contributed by atoms with Crippen molar-refractivity contribution >= 4 is 5.97 Å². The van der Waals surface area contributed by atoms with Crippen LogP contribution in [-0.4, -0.2) is 12.6 Å². The summed E-state index contributed by atoms with van der Waals surface area (Å²) in [5.74, 6) is -0.214. The summed E-state index contributed by atoms with van der Waals surface area (Å²) in [5, 5.41) is 0. The summed E-state index contributed by atoms with van der Waals surface area (Å²) < 4.78 is 5.44. The van der Waals surface area contributed by atoms with E-state index in [1.54, 1.807) is 0 Å². The van der Waals surface area contributed by atoms with Gasteiger partial charge in [0.25, 0.3) is 0 Å². The van der Waals surface area contributed by atoms with Gasteiger partial charge in [-0.25, -0.2) is 4.79 Å². The average Bonchev–Trinajstić information content (AvgIpc) is 2.82. The number of benzene rings is 2. The number of esters is 1. The van der Waals surface area contributed by atoms with E-state index in [4.69, 9.17) is 4.74 Å². The molecule has 0 atom stereocenters. The molecule has 0 saturated heterocycles. The van der Waals surface area contributed by atoms with E-state index in [2.05, 4.69) is 19.1 Å². The fourth-order valence-electron chi connectivity index (χ4n) is 3.97. The Bertz CT molecular complexity index is 690. The van der Waals surface area contributed by atoms with Crippen LogP contribution in [0, 0.1) is 0 Å². The summed E-state index contributed by atoms with van der Waals surface area (Å²) in [4.78, 5) is 12.2. The third-order valence-electron chi connectivity index (χ3n) is 5.96. The van der Waals surface area contributed by atoms with E-state index in [1.807, 2.05) is 42.5 Å². The van der Waals surface area contributed by atoms with Gasteiger partial charge >= 0.3 is 5.97 Å². The number of carbonyl (C=O) groups is 1. The summed E-state index contributed by atoms with van der Waals surface area (Å²) in [7, 11) is 0. The van der Waals surface area contributed by atoms with Crippen molar-refractivity contribution in [3.63, 3.8) is 0 Å². The van der Waals surface area contributed by atoms with Crippen LogP contribution in [0.1, 0.15) is 107 Å². The van der Waals surface area contributed by atoms with E-state index < -0.39 is 0 Å². The summed E-state index contributed by atoms with van der Waals surface area (Å²) >= 11 is 0. The molecular formula is C29H42O2. The SMILES string of the molecule is CCCCCCCCCCCCCCCCOC(=O)c1ccc(-c2ccccc2)cc1. The van der Waals surface area contributed by atoms with E-state index in [1.165, 1.54) is 77.0 Å². The minimum absolute atomic E-state index is 0.214. The highest BCUT2D eigenvalue weighted by molar-refractivity contribution is 5.90. The molecule has 0 aliphatic heterocycles. The second-order valence-electron chi connectivity index (χ2n) is 8.68. The average molecular weight is 423 g/mol. The lowest BCUT2D eigenvalue weighted by Crippen LogP contribution is -2.06. The molecule has 0 spiro atoms. The van der Waals surface area contributed by atoms with Crippen LogP contribution in [0.15, 0.2) is 54.6 Å². The molecule has 0 aromatic heterocycles. The molecule has 2 nitrogen and oxygen atoms in total. The molecule has 2 rings (SSSR count). The fraction of sp³-hybridized carbons (Fsp3) is 0.552. The fourth-order valence-corrected chi connectivity index (χ4v) is 3.97. The highest BCUT2D eigenvalue weighted by atomic mass is 16.5. The number of hydrogen-bond acceptors (Lipinski definition) is 2. The van der Waals surface area contributed by atoms with Gasteiger partial charge in [-0.3, -0.25) is 0 Å². The Balaban J connectivity index is 1.43. The number of unbranched alkanes of at least 4 members (excludes halogenated alkanes) is 13. The highest BCUT2D eigenvalue weighted by Gasteiger charge is 2.07. The van der Waals surface area contributed by atoms with Crippen LogP contribution in [0.25, 0.3) is 11.1 Å². The molecule has 170 valence electrons. The van der Waals surface area contributed by atoms with Crippen LogP contribution in [-0.2, 0) is 4.74 Å². The van der Waals surface area contributed by atoms with Gasteiger partial charge in [0, 0.05) is 0 Å². The normalized spacial score (nSPS) is 10.9. The van der Waals surface area contributed by atoms with E-state index >= 15 is 0 Å². The molecule has 0 heterocycles. The summed E-state index contributed by atoms with van der Waals surface area (Å²) in [5.41, 5.74) is 2.90. The van der Waals surface area contributed by atoms with E-state index in [-0.39, 0.29) is 5.97 Å². The van der Waals surface area contributed by atoms with Crippen molar-refractivity contribution < 1.29 is 9.53 Å². The molecular weight excluding hydrogens is 380 g/mol. The molecule has 0 bridgehead atoms. The first-order valence-electron chi connectivity index (χ1n) is 12.6. The lowest BCUT2D eigenvalue weighted by molar-refractivity contribution is 0.0497. The molecule has 0 saturated carbocycles. The van der Waals surface area contributed by atoms with Crippen LogP contribution in [0.4, 0.5) is 0 Å². The summed E-state index contributed by atoms with van der Waals surface area (Å²) in [6.07, 6.45) is 18.7. The summed E-state index contributed by atoms with van der Waals surface area (Å²) in [6, 6.07) is 17.9. The molecule has 0 amide bonds. The predicted octanol–water partition coefficient (Wildman–Crippen LogP) is 8.99. The van der Waals surface area contributed by atoms with Gasteiger partial charge in [0.05, 0.1) is 12.2 Å². The topological polar surface area (TPSA) is 26.3 Å². The Morgan fingerprint density at radius 2 is 1.03 bits per heavy atom. The van der Waals surface area contributed by atoms with E-state index in [9.17, 15) is 4.79 Å². The maximum absolute atomic E-state index is 12.2. The van der Waals surface area contributed by atoms with Crippen LogP contribution >= 0.6 is 0 Å². The van der Waals surface area contributed by atoms with Crippen molar-refractivity contribution in [1.29, 1.82) is 0 Å². The second-order valence-corrected chi connectivity index (χ2v) is 8.68. The van der Waals surface area contributed by atoms with Crippen LogP contribution in [0.3, 0.4) is 0 Å². The second kappa shape index (κ2) is 16.6. The maximum atomic E-state index is 12.2. The zero-order valence-corrected chi connectivity index (χ0v) is 19.6. The molecule has 0 radical (unpaired) electrons. The van der Waals surface area contributed by atoms with Gasteiger partial charge < -0.3 is 4.74 Å². The first-order valence-corrected chi connectivity index (χ1v) is 12.6. The number of rotatable bonds is 17. The zero-order chi connectivity index (χ0) is 22.0. The van der Waals surface area contributed by atoms with E-state index in [0.29, 0.717) is 12.2 Å². The Morgan fingerprint density at radius 3 is 1.55 bits per heavy atom. The monoisotopic (exact) mass is 422 g/mol. The highest BCUT2D eigenvalue weighted by Crippen LogP contribution is 2.19. The number of ether oxygens (including phenoxy) is 1. The Morgan fingerprint density at radius 1 is 0.581 bits per heavy atom. The number of hydrogen-bond donors (Lipinski definition) is 0. The van der Waals surface area contributed by atoms with Crippen molar-refractivity contribution in [1.82, 2.24) is 0 Å². The van der Waals surface area contributed by atoms with Gasteiger partial charge in [-0.05, 0) is 29.7 Å². The summed E-state index contributed by atoms with van der Waals surface area (Å²) in [6.45, 7) is 2.80. The van der Waals surface area contributed by atoms with Gasteiger partial charge in [-0.2, -0.15) is 0 Å². The van der Waals surface area contributed by atoms with Crippen LogP contribution < -0.4 is 0 Å². The van der Waals surface area contributed by atoms with Crippen molar-refractivity contribution in [3.05, 3.63) is 60.2 Å². The Labute approximate surface area is 190 Å². The van der Waals surface area contributed by atoms with Crippen LogP contribution in [0.5, 0.6) is 0 Å². The van der Waals surface area contributed by atoms with Crippen molar-refractivity contribution in [2.45, 2.75) is 96.8 Å². The molecule has 0 unspecified atom stereocenters. The van der Waals surface area contributed by atoms with Gasteiger partial charge in [0.15, 0.2) is 0 Å². The molecule has 0 aliphatic rings. The Hall–Kier alpha value is -2.09. The molecule has 2 aromatic carbocycles. The third-order valence-corrected chi connectivity index (χ3v) is 5.96. The first-order chi connectivity index (χ1) is 15.3.